The Morgan fingerprint density at radius 1 is 1.37 bits per heavy atom. The van der Waals surface area contributed by atoms with Gasteiger partial charge in [0.1, 0.15) is 5.75 Å². The molecule has 1 heterocycles. The zero-order valence-electron chi connectivity index (χ0n) is 11.4. The number of ether oxygens (including phenoxy) is 1. The van der Waals surface area contributed by atoms with Crippen LogP contribution < -0.4 is 10.1 Å². The van der Waals surface area contributed by atoms with E-state index in [2.05, 4.69) is 16.8 Å². The van der Waals surface area contributed by atoms with Crippen molar-refractivity contribution in [1.82, 2.24) is 5.32 Å². The largest absolute Gasteiger partial charge is 0.496 e. The number of hydrogen-bond donors (Lipinski definition) is 1. The summed E-state index contributed by atoms with van der Waals surface area (Å²) >= 11 is 8.07. The molecule has 0 spiro atoms. The Morgan fingerprint density at radius 2 is 2.11 bits per heavy atom. The van der Waals surface area contributed by atoms with Gasteiger partial charge in [-0.15, -0.1) is 11.3 Å². The Kier molecular flexibility index (Phi) is 4.86. The van der Waals surface area contributed by atoms with Crippen LogP contribution in [0, 0.1) is 6.92 Å². The second-order valence-electron chi connectivity index (χ2n) is 4.45. The predicted octanol–water partition coefficient (Wildman–Crippen LogP) is 4.22. The fourth-order valence-corrected chi connectivity index (χ4v) is 3.54. The number of para-hydroxylation sites is 1. The summed E-state index contributed by atoms with van der Waals surface area (Å²) in [6.45, 7) is 2.04. The van der Waals surface area contributed by atoms with Gasteiger partial charge in [0.15, 0.2) is 0 Å². The third-order valence-corrected chi connectivity index (χ3v) is 5.03. The van der Waals surface area contributed by atoms with Crippen LogP contribution in [0.3, 0.4) is 0 Å². The van der Waals surface area contributed by atoms with Crippen LogP contribution in [0.15, 0.2) is 29.6 Å². The molecule has 0 aliphatic heterocycles. The van der Waals surface area contributed by atoms with Crippen LogP contribution in [-0.4, -0.2) is 14.2 Å². The van der Waals surface area contributed by atoms with Crippen LogP contribution in [0.5, 0.6) is 5.75 Å². The van der Waals surface area contributed by atoms with Gasteiger partial charge in [-0.05, 0) is 43.0 Å². The van der Waals surface area contributed by atoms with Crippen molar-refractivity contribution in [3.8, 4) is 5.75 Å². The van der Waals surface area contributed by atoms with Crippen LogP contribution in [-0.2, 0) is 6.42 Å². The summed E-state index contributed by atoms with van der Waals surface area (Å²) in [4.78, 5) is 1.19. The molecule has 19 heavy (non-hydrogen) atoms. The highest BCUT2D eigenvalue weighted by atomic mass is 35.5. The SMILES string of the molecule is CNC(Cc1ccccc1OC)c1scc(C)c1Cl. The molecule has 0 aliphatic rings. The summed E-state index contributed by atoms with van der Waals surface area (Å²) in [5.41, 5.74) is 2.33. The second-order valence-corrected chi connectivity index (χ2v) is 5.74. The number of methoxy groups -OCH3 is 1. The number of benzene rings is 1. The minimum Gasteiger partial charge on any atom is -0.496 e. The highest BCUT2D eigenvalue weighted by Gasteiger charge is 2.18. The number of likely N-dealkylation sites (N-methyl/N-ethyl adjacent to an activating group) is 1. The van der Waals surface area contributed by atoms with Crippen LogP contribution in [0.25, 0.3) is 0 Å². The van der Waals surface area contributed by atoms with Crippen LogP contribution >= 0.6 is 22.9 Å². The van der Waals surface area contributed by atoms with E-state index in [4.69, 9.17) is 16.3 Å². The van der Waals surface area contributed by atoms with E-state index in [-0.39, 0.29) is 6.04 Å². The lowest BCUT2D eigenvalue weighted by Crippen LogP contribution is -2.18. The Morgan fingerprint density at radius 3 is 2.68 bits per heavy atom. The molecule has 0 saturated carbocycles. The van der Waals surface area contributed by atoms with Gasteiger partial charge >= 0.3 is 0 Å². The first-order chi connectivity index (χ1) is 9.17. The Bertz CT molecular complexity index is 553. The van der Waals surface area contributed by atoms with Gasteiger partial charge in [0.2, 0.25) is 0 Å². The van der Waals surface area contributed by atoms with Crippen molar-refractivity contribution in [3.05, 3.63) is 50.7 Å². The van der Waals surface area contributed by atoms with E-state index >= 15 is 0 Å². The topological polar surface area (TPSA) is 21.3 Å². The normalized spacial score (nSPS) is 12.4. The van der Waals surface area contributed by atoms with Crippen molar-refractivity contribution in [3.63, 3.8) is 0 Å². The molecule has 0 radical (unpaired) electrons. The third kappa shape index (κ3) is 3.11. The highest BCUT2D eigenvalue weighted by molar-refractivity contribution is 7.10. The first kappa shape index (κ1) is 14.4. The van der Waals surface area contributed by atoms with E-state index < -0.39 is 0 Å². The highest BCUT2D eigenvalue weighted by Crippen LogP contribution is 2.35. The molecule has 1 atom stereocenters. The minimum absolute atomic E-state index is 0.211. The third-order valence-electron chi connectivity index (χ3n) is 3.21. The Balaban J connectivity index is 2.26. The molecule has 2 nitrogen and oxygen atoms in total. The average molecular weight is 296 g/mol. The van der Waals surface area contributed by atoms with E-state index in [0.29, 0.717) is 0 Å². The van der Waals surface area contributed by atoms with Gasteiger partial charge in [-0.1, -0.05) is 29.8 Å². The van der Waals surface area contributed by atoms with E-state index in [9.17, 15) is 0 Å². The van der Waals surface area contributed by atoms with Crippen molar-refractivity contribution in [2.45, 2.75) is 19.4 Å². The lowest BCUT2D eigenvalue weighted by atomic mass is 10.0. The van der Waals surface area contributed by atoms with Gasteiger partial charge in [0, 0.05) is 10.9 Å². The van der Waals surface area contributed by atoms with E-state index in [1.807, 2.05) is 32.2 Å². The molecule has 1 N–H and O–H groups in total. The minimum atomic E-state index is 0.211. The smallest absolute Gasteiger partial charge is 0.122 e. The molecule has 4 heteroatoms. The maximum atomic E-state index is 6.36. The quantitative estimate of drug-likeness (QED) is 0.891. The summed E-state index contributed by atoms with van der Waals surface area (Å²) in [6, 6.07) is 8.31. The molecule has 2 rings (SSSR count). The average Bonchev–Trinajstić information content (AvgIpc) is 2.77. The molecule has 0 saturated heterocycles. The fourth-order valence-electron chi connectivity index (χ4n) is 2.10. The number of nitrogens with one attached hydrogen (secondary N) is 1. The number of halogens is 1. The van der Waals surface area contributed by atoms with Crippen LogP contribution in [0.1, 0.15) is 22.0 Å². The zero-order chi connectivity index (χ0) is 13.8. The van der Waals surface area contributed by atoms with Crippen molar-refractivity contribution >= 4 is 22.9 Å². The molecule has 102 valence electrons. The zero-order valence-corrected chi connectivity index (χ0v) is 12.9. The molecular weight excluding hydrogens is 278 g/mol. The van der Waals surface area contributed by atoms with Crippen molar-refractivity contribution in [2.75, 3.05) is 14.2 Å². The summed E-state index contributed by atoms with van der Waals surface area (Å²) in [5, 5.41) is 6.32. The standard InChI is InChI=1S/C15H18ClNOS/c1-10-9-19-15(14(10)16)12(17-2)8-11-6-4-5-7-13(11)18-3/h4-7,9,12,17H,8H2,1-3H3. The molecule has 0 bridgehead atoms. The number of thiophene rings is 1. The number of aryl methyl sites for hydroxylation is 1. The van der Waals surface area contributed by atoms with Crippen LogP contribution in [0.2, 0.25) is 5.02 Å². The Labute approximate surface area is 123 Å². The first-order valence-corrected chi connectivity index (χ1v) is 7.45. The first-order valence-electron chi connectivity index (χ1n) is 6.20. The summed E-state index contributed by atoms with van der Waals surface area (Å²) in [6.07, 6.45) is 0.861. The molecule has 1 aromatic heterocycles. The monoisotopic (exact) mass is 295 g/mol. The predicted molar refractivity (Wildman–Crippen MR) is 82.6 cm³/mol. The molecule has 0 fully saturated rings. The van der Waals surface area contributed by atoms with Gasteiger partial charge in [0.05, 0.1) is 12.1 Å². The molecular formula is C15H18ClNOS. The number of hydrogen-bond acceptors (Lipinski definition) is 3. The van der Waals surface area contributed by atoms with E-state index in [1.165, 1.54) is 10.4 Å². The second kappa shape index (κ2) is 6.42. The summed E-state index contributed by atoms with van der Waals surface area (Å²) in [5.74, 6) is 0.923. The van der Waals surface area contributed by atoms with Crippen molar-refractivity contribution < 1.29 is 4.74 Å². The van der Waals surface area contributed by atoms with Crippen molar-refractivity contribution in [1.29, 1.82) is 0 Å². The van der Waals surface area contributed by atoms with Gasteiger partial charge < -0.3 is 10.1 Å². The van der Waals surface area contributed by atoms with Crippen LogP contribution in [0.4, 0.5) is 0 Å². The van der Waals surface area contributed by atoms with Gasteiger partial charge in [-0.25, -0.2) is 0 Å². The number of rotatable bonds is 5. The molecule has 2 aromatic rings. The van der Waals surface area contributed by atoms with Gasteiger partial charge in [-0.3, -0.25) is 0 Å². The lowest BCUT2D eigenvalue weighted by Gasteiger charge is -2.17. The van der Waals surface area contributed by atoms with Crippen molar-refractivity contribution in [2.24, 2.45) is 0 Å². The summed E-state index contributed by atoms with van der Waals surface area (Å²) < 4.78 is 5.40. The molecule has 1 aromatic carbocycles. The van der Waals surface area contributed by atoms with Gasteiger partial charge in [0.25, 0.3) is 0 Å². The molecule has 0 amide bonds. The van der Waals surface area contributed by atoms with Gasteiger partial charge in [-0.2, -0.15) is 0 Å². The summed E-state index contributed by atoms with van der Waals surface area (Å²) in [7, 11) is 3.67. The lowest BCUT2D eigenvalue weighted by molar-refractivity contribution is 0.406. The maximum absolute atomic E-state index is 6.36. The fraction of sp³-hybridized carbons (Fsp3) is 0.333. The van der Waals surface area contributed by atoms with E-state index in [1.54, 1.807) is 18.4 Å². The molecule has 0 aliphatic carbocycles. The Hall–Kier alpha value is -1.03. The molecule has 1 unspecified atom stereocenters. The maximum Gasteiger partial charge on any atom is 0.122 e. The van der Waals surface area contributed by atoms with E-state index in [0.717, 1.165) is 22.8 Å².